The monoisotopic (exact) mass is 674 g/mol. The Hall–Kier alpha value is -1.88. The van der Waals surface area contributed by atoms with E-state index >= 15 is 0 Å². The van der Waals surface area contributed by atoms with Gasteiger partial charge in [0.15, 0.2) is 0 Å². The lowest BCUT2D eigenvalue weighted by Crippen LogP contribution is -2.36. The van der Waals surface area contributed by atoms with Crippen molar-refractivity contribution in [2.45, 2.75) is 200 Å². The van der Waals surface area contributed by atoms with Gasteiger partial charge in [-0.05, 0) is 77.7 Å². The zero-order valence-electron chi connectivity index (χ0n) is 32.6. The van der Waals surface area contributed by atoms with E-state index in [1.54, 1.807) is 0 Å². The molecule has 0 aromatic heterocycles. The van der Waals surface area contributed by atoms with E-state index in [9.17, 15) is 9.59 Å². The average molecular weight is 674 g/mol. The number of unbranched alkanes of at least 4 members (excludes halogenated alkanes) is 22. The lowest BCUT2D eigenvalue weighted by Gasteiger charge is -2.17. The normalized spacial score (nSPS) is 11.3. The highest BCUT2D eigenvalue weighted by molar-refractivity contribution is 5.76. The Morgan fingerprint density at radius 3 is 1.21 bits per heavy atom. The highest BCUT2D eigenvalue weighted by Crippen LogP contribution is 2.11. The van der Waals surface area contributed by atoms with Gasteiger partial charge >= 0.3 is 0 Å². The Labute approximate surface area is 300 Å². The fourth-order valence-corrected chi connectivity index (χ4v) is 5.77. The van der Waals surface area contributed by atoms with Crippen LogP contribution in [0, 0.1) is 0 Å². The number of carbonyl (C=O) groups is 2. The Kier molecular flexibility index (Phi) is 43.4. The number of carbonyl (C=O) groups excluding carboxylic acids is 2. The second kappa shape index (κ2) is 43.1. The topological polar surface area (TPSA) is 61.4 Å². The van der Waals surface area contributed by atoms with Crippen LogP contribution in [0.4, 0.5) is 0 Å². The molecular formula is C43H83N3O2. The number of amides is 2. The highest BCUT2D eigenvalue weighted by Gasteiger charge is 2.05. The van der Waals surface area contributed by atoms with E-state index in [4.69, 9.17) is 0 Å². The lowest BCUT2D eigenvalue weighted by atomic mass is 10.1. The molecule has 0 aromatic rings. The molecule has 5 nitrogen and oxygen atoms in total. The van der Waals surface area contributed by atoms with Crippen molar-refractivity contribution in [1.82, 2.24) is 15.5 Å². The first-order valence-corrected chi connectivity index (χ1v) is 20.6. The fraction of sp³-hybridized carbons (Fsp3) is 0.814. The van der Waals surface area contributed by atoms with Crippen LogP contribution in [0.3, 0.4) is 0 Å². The summed E-state index contributed by atoms with van der Waals surface area (Å²) < 4.78 is 0. The van der Waals surface area contributed by atoms with Crippen LogP contribution in [0.25, 0.3) is 0 Å². The largest absolute Gasteiger partial charge is 0.356 e. The summed E-state index contributed by atoms with van der Waals surface area (Å²) >= 11 is 0. The SMILES string of the molecule is C=C.CCCCCCCC/C=C/CCCCCCCC(=O)NCCCN(C)CNC(=O)CCCCCCC/C=C/CCCCCCCC. The van der Waals surface area contributed by atoms with Crippen LogP contribution in [0.2, 0.25) is 0 Å². The van der Waals surface area contributed by atoms with Gasteiger partial charge in [0.2, 0.25) is 11.8 Å². The first-order valence-electron chi connectivity index (χ1n) is 20.6. The number of rotatable bonds is 36. The number of nitrogens with one attached hydrogen (secondary N) is 2. The van der Waals surface area contributed by atoms with Crippen LogP contribution in [0.15, 0.2) is 37.5 Å². The summed E-state index contributed by atoms with van der Waals surface area (Å²) in [6.07, 6.45) is 44.8. The molecule has 48 heavy (non-hydrogen) atoms. The summed E-state index contributed by atoms with van der Waals surface area (Å²) in [5, 5.41) is 6.10. The quantitative estimate of drug-likeness (QED) is 0.0395. The smallest absolute Gasteiger partial charge is 0.220 e. The maximum Gasteiger partial charge on any atom is 0.220 e. The second-order valence-electron chi connectivity index (χ2n) is 13.7. The van der Waals surface area contributed by atoms with E-state index in [0.29, 0.717) is 26.1 Å². The standard InChI is InChI=1S/C41H79N3O2.C2H4/c1-4-6-8-10-12-14-16-18-20-22-24-26-28-30-32-35-40(45)42-37-34-38-44(3)39-43-41(46)36-33-31-29-27-25-23-21-19-17-15-13-11-9-7-5-2;1-2/h18-21H,4-17,22-39H2,1-3H3,(H,42,45)(H,43,46);1-2H2/b20-18+,21-19+;. The van der Waals surface area contributed by atoms with E-state index in [-0.39, 0.29) is 11.8 Å². The van der Waals surface area contributed by atoms with Crippen LogP contribution < -0.4 is 10.6 Å². The van der Waals surface area contributed by atoms with Crippen molar-refractivity contribution >= 4 is 11.8 Å². The molecular weight excluding hydrogens is 590 g/mol. The van der Waals surface area contributed by atoms with Crippen molar-refractivity contribution in [2.24, 2.45) is 0 Å². The molecule has 5 heteroatoms. The third kappa shape index (κ3) is 42.1. The molecule has 0 fully saturated rings. The molecule has 2 amide bonds. The molecule has 0 rings (SSSR count). The van der Waals surface area contributed by atoms with Crippen molar-refractivity contribution in [2.75, 3.05) is 26.8 Å². The number of hydrogen-bond donors (Lipinski definition) is 2. The van der Waals surface area contributed by atoms with Crippen LogP contribution >= 0.6 is 0 Å². The molecule has 0 aliphatic heterocycles. The fourth-order valence-electron chi connectivity index (χ4n) is 5.77. The van der Waals surface area contributed by atoms with E-state index in [2.05, 4.69) is 66.8 Å². The molecule has 0 saturated carbocycles. The molecule has 0 bridgehead atoms. The highest BCUT2D eigenvalue weighted by atomic mass is 16.2. The Bertz CT molecular complexity index is 721. The average Bonchev–Trinajstić information content (AvgIpc) is 3.10. The molecule has 0 saturated heterocycles. The molecule has 282 valence electrons. The third-order valence-corrected chi connectivity index (χ3v) is 8.92. The Balaban J connectivity index is 0. The first-order chi connectivity index (χ1) is 23.6. The Morgan fingerprint density at radius 2 is 0.812 bits per heavy atom. The van der Waals surface area contributed by atoms with E-state index in [1.807, 2.05) is 7.05 Å². The van der Waals surface area contributed by atoms with Gasteiger partial charge < -0.3 is 10.6 Å². The minimum Gasteiger partial charge on any atom is -0.356 e. The van der Waals surface area contributed by atoms with Gasteiger partial charge in [-0.25, -0.2) is 0 Å². The third-order valence-electron chi connectivity index (χ3n) is 8.92. The molecule has 0 radical (unpaired) electrons. The van der Waals surface area contributed by atoms with Gasteiger partial charge in [0.1, 0.15) is 0 Å². The predicted molar refractivity (Wildman–Crippen MR) is 213 cm³/mol. The summed E-state index contributed by atoms with van der Waals surface area (Å²) in [5.74, 6) is 0.325. The summed E-state index contributed by atoms with van der Waals surface area (Å²) in [7, 11) is 2.02. The van der Waals surface area contributed by atoms with Gasteiger partial charge in [0.05, 0.1) is 6.67 Å². The molecule has 0 unspecified atom stereocenters. The first kappa shape index (κ1) is 48.2. The van der Waals surface area contributed by atoms with Crippen LogP contribution in [0.1, 0.15) is 200 Å². The number of hydrogen-bond acceptors (Lipinski definition) is 3. The van der Waals surface area contributed by atoms with Crippen molar-refractivity contribution in [3.05, 3.63) is 37.5 Å². The summed E-state index contributed by atoms with van der Waals surface area (Å²) in [5.41, 5.74) is 0. The van der Waals surface area contributed by atoms with Crippen molar-refractivity contribution in [3.63, 3.8) is 0 Å². The van der Waals surface area contributed by atoms with Gasteiger partial charge in [-0.2, -0.15) is 0 Å². The molecule has 0 aliphatic carbocycles. The van der Waals surface area contributed by atoms with Gasteiger partial charge in [-0.15, -0.1) is 13.2 Å². The molecule has 0 heterocycles. The molecule has 2 N–H and O–H groups in total. The maximum atomic E-state index is 12.2. The number of nitrogens with zero attached hydrogens (tertiary/aromatic N) is 1. The molecule has 0 aliphatic rings. The molecule has 0 atom stereocenters. The van der Waals surface area contributed by atoms with Crippen molar-refractivity contribution < 1.29 is 9.59 Å². The summed E-state index contributed by atoms with van der Waals surface area (Å²) in [4.78, 5) is 26.4. The minimum absolute atomic E-state index is 0.151. The maximum absolute atomic E-state index is 12.2. The van der Waals surface area contributed by atoms with E-state index in [1.165, 1.54) is 141 Å². The van der Waals surface area contributed by atoms with Gasteiger partial charge in [0.25, 0.3) is 0 Å². The molecule has 0 aromatic carbocycles. The zero-order valence-corrected chi connectivity index (χ0v) is 32.6. The van der Waals surface area contributed by atoms with Crippen LogP contribution in [-0.2, 0) is 9.59 Å². The van der Waals surface area contributed by atoms with Crippen molar-refractivity contribution in [3.8, 4) is 0 Å². The number of allylic oxidation sites excluding steroid dienone is 4. The lowest BCUT2D eigenvalue weighted by molar-refractivity contribution is -0.122. The minimum atomic E-state index is 0.151. The predicted octanol–water partition coefficient (Wildman–Crippen LogP) is 12.4. The Morgan fingerprint density at radius 1 is 0.479 bits per heavy atom. The van der Waals surface area contributed by atoms with Crippen LogP contribution in [-0.4, -0.2) is 43.5 Å². The zero-order chi connectivity index (χ0) is 35.6. The van der Waals surface area contributed by atoms with Gasteiger partial charge in [0, 0.05) is 25.9 Å². The molecule has 0 spiro atoms. The second-order valence-corrected chi connectivity index (χ2v) is 13.7. The summed E-state index contributed by atoms with van der Waals surface area (Å²) in [6.45, 7) is 12.7. The van der Waals surface area contributed by atoms with E-state index < -0.39 is 0 Å². The van der Waals surface area contributed by atoms with Crippen molar-refractivity contribution in [1.29, 1.82) is 0 Å². The van der Waals surface area contributed by atoms with Crippen LogP contribution in [0.5, 0.6) is 0 Å². The van der Waals surface area contributed by atoms with E-state index in [0.717, 1.165) is 38.6 Å². The van der Waals surface area contributed by atoms with Gasteiger partial charge in [-0.3, -0.25) is 14.5 Å². The van der Waals surface area contributed by atoms with Gasteiger partial charge in [-0.1, -0.05) is 141 Å². The summed E-state index contributed by atoms with van der Waals surface area (Å²) in [6, 6.07) is 0.